The molecule has 1 fully saturated rings. The van der Waals surface area contributed by atoms with Crippen LogP contribution in [0.3, 0.4) is 0 Å². The molecule has 28 heteroatoms. The first-order chi connectivity index (χ1) is 36.3. The Hall–Kier alpha value is -7.29. The molecular formula is C49H60N7O19PS. The molecule has 77 heavy (non-hydrogen) atoms. The summed E-state index contributed by atoms with van der Waals surface area (Å²) in [5.74, 6) is -9.30. The minimum Gasteiger partial charge on any atom is -0.508 e. The van der Waals surface area contributed by atoms with Crippen LogP contribution in [0.15, 0.2) is 54.6 Å². The zero-order chi connectivity index (χ0) is 56.7. The van der Waals surface area contributed by atoms with Crippen molar-refractivity contribution in [2.75, 3.05) is 25.2 Å². The van der Waals surface area contributed by atoms with E-state index in [9.17, 15) is 77.9 Å². The van der Waals surface area contributed by atoms with Crippen molar-refractivity contribution in [3.05, 3.63) is 82.4 Å². The minimum atomic E-state index is -5.37. The number of phosphoric acid groups is 1. The number of phenolic OH excluding ortho intramolecular Hbond substituents is 2. The van der Waals surface area contributed by atoms with E-state index in [0.29, 0.717) is 0 Å². The maximum atomic E-state index is 14.2. The van der Waals surface area contributed by atoms with Gasteiger partial charge < -0.3 is 76.9 Å². The van der Waals surface area contributed by atoms with Gasteiger partial charge in [0.1, 0.15) is 59.2 Å². The van der Waals surface area contributed by atoms with Crippen molar-refractivity contribution < 1.29 is 91.9 Å². The minimum absolute atomic E-state index is 0.0337. The van der Waals surface area contributed by atoms with E-state index >= 15 is 0 Å². The number of ether oxygens (including phenoxy) is 2. The van der Waals surface area contributed by atoms with Crippen LogP contribution in [0, 0.1) is 5.92 Å². The van der Waals surface area contributed by atoms with Gasteiger partial charge in [0.05, 0.1) is 18.3 Å². The highest BCUT2D eigenvalue weighted by molar-refractivity contribution is 7.98. The Labute approximate surface area is 444 Å². The number of aliphatic hydroxyl groups is 1. The second-order valence-corrected chi connectivity index (χ2v) is 21.1. The van der Waals surface area contributed by atoms with Gasteiger partial charge in [-0.25, -0.2) is 14.2 Å². The van der Waals surface area contributed by atoms with E-state index in [2.05, 4.69) is 26.6 Å². The Bertz CT molecular complexity index is 2810. The predicted molar refractivity (Wildman–Crippen MR) is 270 cm³/mol. The van der Waals surface area contributed by atoms with Crippen LogP contribution in [0.2, 0.25) is 0 Å². The van der Waals surface area contributed by atoms with Crippen molar-refractivity contribution in [2.45, 2.75) is 107 Å². The van der Waals surface area contributed by atoms with Crippen LogP contribution >= 0.6 is 19.6 Å². The third kappa shape index (κ3) is 13.8. The molecular weight excluding hydrogens is 1050 g/mol. The number of carboxylic acid groups (broad SMARTS) is 1. The number of hydrogen-bond donors (Lipinski definition) is 12. The van der Waals surface area contributed by atoms with Gasteiger partial charge in [0.25, 0.3) is 5.91 Å². The molecule has 0 aliphatic carbocycles. The van der Waals surface area contributed by atoms with Gasteiger partial charge in [-0.3, -0.25) is 38.1 Å². The summed E-state index contributed by atoms with van der Waals surface area (Å²) >= 11 is 1.30. The molecule has 3 aromatic rings. The number of aromatic hydroxyl groups is 2. The first-order valence-corrected chi connectivity index (χ1v) is 27.1. The van der Waals surface area contributed by atoms with E-state index in [1.165, 1.54) is 66.4 Å². The molecule has 1 spiro atoms. The first kappa shape index (κ1) is 59.0. The van der Waals surface area contributed by atoms with E-state index in [0.717, 1.165) is 11.8 Å². The van der Waals surface area contributed by atoms with Crippen molar-refractivity contribution in [3.63, 3.8) is 0 Å². The van der Waals surface area contributed by atoms with Gasteiger partial charge in [0, 0.05) is 47.4 Å². The molecule has 3 heterocycles. The quantitative estimate of drug-likeness (QED) is 0.0425. The topological polar surface area (TPSA) is 409 Å². The molecule has 3 aliphatic rings. The lowest BCUT2D eigenvalue weighted by molar-refractivity contribution is -0.146. The van der Waals surface area contributed by atoms with Crippen LogP contribution in [-0.2, 0) is 53.0 Å². The average Bonchev–Trinajstić information content (AvgIpc) is 4.22. The molecule has 0 radical (unpaired) electrons. The van der Waals surface area contributed by atoms with Crippen LogP contribution < -0.4 is 37.1 Å². The van der Waals surface area contributed by atoms with Crippen LogP contribution in [0.5, 0.6) is 23.0 Å². The number of fused-ring (bicyclic) bond motifs is 6. The number of phosphoric ester groups is 1. The zero-order valence-electron chi connectivity index (χ0n) is 42.0. The van der Waals surface area contributed by atoms with E-state index in [1.54, 1.807) is 20.1 Å². The van der Waals surface area contributed by atoms with Crippen molar-refractivity contribution in [3.8, 4) is 23.0 Å². The number of likely N-dealkylation sites (tertiary alicyclic amines) is 1. The number of nitrogens with zero attached hydrogens (tertiary/aromatic N) is 1. The lowest BCUT2D eigenvalue weighted by atomic mass is 9.77. The normalized spacial score (nSPS) is 17.4. The number of thioether (sulfide) groups is 1. The van der Waals surface area contributed by atoms with Crippen LogP contribution in [0.25, 0.3) is 0 Å². The number of nitrogens with one attached hydrogen (secondary N) is 5. The highest BCUT2D eigenvalue weighted by Gasteiger charge is 2.54. The number of amides is 7. The Balaban J connectivity index is 1.21. The number of primary amides is 1. The fraction of sp³-hybridized carbons (Fsp3) is 0.449. The molecule has 0 saturated carbocycles. The van der Waals surface area contributed by atoms with Gasteiger partial charge in [-0.2, -0.15) is 11.8 Å². The number of rotatable bonds is 24. The number of phenols is 2. The Morgan fingerprint density at radius 1 is 0.818 bits per heavy atom. The molecule has 0 unspecified atom stereocenters. The molecule has 6 rings (SSSR count). The monoisotopic (exact) mass is 1110 g/mol. The second kappa shape index (κ2) is 24.8. The molecule has 13 N–H and O–H groups in total. The molecule has 0 aromatic heterocycles. The smallest absolute Gasteiger partial charge is 0.469 e. The average molecular weight is 1110 g/mol. The number of benzene rings is 3. The Morgan fingerprint density at radius 2 is 1.42 bits per heavy atom. The van der Waals surface area contributed by atoms with Crippen LogP contribution in [0.4, 0.5) is 0 Å². The highest BCUT2D eigenvalue weighted by atomic mass is 32.2. The van der Waals surface area contributed by atoms with Crippen molar-refractivity contribution in [2.24, 2.45) is 11.7 Å². The number of esters is 1. The van der Waals surface area contributed by atoms with Gasteiger partial charge in [-0.15, -0.1) is 0 Å². The van der Waals surface area contributed by atoms with E-state index in [4.69, 9.17) is 19.7 Å². The molecule has 7 amide bonds. The summed E-state index contributed by atoms with van der Waals surface area (Å²) in [5.41, 5.74) is 4.40. The fourth-order valence-electron chi connectivity index (χ4n) is 9.23. The predicted octanol–water partition coefficient (Wildman–Crippen LogP) is 0.334. The molecule has 3 aromatic carbocycles. The summed E-state index contributed by atoms with van der Waals surface area (Å²) in [5, 5.41) is 52.7. The standard InChI is InChI=1S/C49H60N7O19PS/c1-23(2)18-34(47(67)68)53-45(65)36-6-5-16-56(36)46(66)40(24(3)75-76(70,71)72)55-44(64)35(22-57)54-42(62)32(13-14-39(50)60)52-43(63)33(15-17-77-4)51-41(61)25-7-10-28-31(19-25)49(74-48(28)69)29-11-8-26(58)20-37(29)73-38-21-27(59)9-12-30(38)49/h7-12,19-21,23-24,32-36,40,57-59H,5-6,13-18,22H2,1-4H3,(H2,50,60)(H,51,61)(H,52,63)(H,53,65)(H,54,62)(H,55,64)(H,67,68)(H2,70,71,72)/t24-,32+,33+,34+,35+,36+,40+/m1/s1. The fourth-order valence-corrected chi connectivity index (χ4v) is 10.3. The Morgan fingerprint density at radius 3 is 1.97 bits per heavy atom. The lowest BCUT2D eigenvalue weighted by Gasteiger charge is -2.36. The molecule has 0 bridgehead atoms. The lowest BCUT2D eigenvalue weighted by Crippen LogP contribution is -2.62. The van der Waals surface area contributed by atoms with Crippen molar-refractivity contribution in [1.29, 1.82) is 0 Å². The zero-order valence-corrected chi connectivity index (χ0v) is 43.8. The maximum absolute atomic E-state index is 14.2. The number of hydrogen-bond acceptors (Lipinski definition) is 17. The van der Waals surface area contributed by atoms with Crippen molar-refractivity contribution in [1.82, 2.24) is 31.5 Å². The van der Waals surface area contributed by atoms with E-state index in [1.807, 2.05) is 0 Å². The van der Waals surface area contributed by atoms with Gasteiger partial charge >= 0.3 is 19.8 Å². The summed E-state index contributed by atoms with van der Waals surface area (Å²) in [4.78, 5) is 141. The SMILES string of the molecule is CSCC[C@H](NC(=O)c1ccc2c(c1)C1(OC2=O)c2ccc(O)cc2Oc2cc(O)ccc21)C(=O)N[C@@H](CCC(N)=O)C(=O)N[C@@H](CO)C(=O)N[C@H](C(=O)N1CCC[C@H]1C(=O)N[C@@H](CC(C)C)C(=O)O)[C@@H](C)OP(=O)(O)O. The first-order valence-electron chi connectivity index (χ1n) is 24.2. The molecule has 1 saturated heterocycles. The van der Waals surface area contributed by atoms with Gasteiger partial charge in [0.2, 0.25) is 35.4 Å². The summed E-state index contributed by atoms with van der Waals surface area (Å²) in [6.07, 6.45) is -0.803. The largest absolute Gasteiger partial charge is 0.508 e. The van der Waals surface area contributed by atoms with Gasteiger partial charge in [0.15, 0.2) is 5.60 Å². The van der Waals surface area contributed by atoms with Crippen molar-refractivity contribution >= 4 is 72.9 Å². The van der Waals surface area contributed by atoms with Gasteiger partial charge in [-0.1, -0.05) is 13.8 Å². The van der Waals surface area contributed by atoms with E-state index < -0.39 is 129 Å². The maximum Gasteiger partial charge on any atom is 0.469 e. The summed E-state index contributed by atoms with van der Waals surface area (Å²) in [7, 11) is -5.37. The van der Waals surface area contributed by atoms with Crippen LogP contribution in [0.1, 0.15) is 96.7 Å². The number of aliphatic carboxylic acids is 1. The molecule has 3 aliphatic heterocycles. The summed E-state index contributed by atoms with van der Waals surface area (Å²) < 4.78 is 28.8. The number of nitrogens with two attached hydrogens (primary N) is 1. The third-order valence-electron chi connectivity index (χ3n) is 12.9. The van der Waals surface area contributed by atoms with E-state index in [-0.39, 0.29) is 94.7 Å². The summed E-state index contributed by atoms with van der Waals surface area (Å²) in [6.45, 7) is 3.20. The Kier molecular flexibility index (Phi) is 19.0. The number of carbonyl (C=O) groups is 9. The molecule has 416 valence electrons. The molecule has 7 atom stereocenters. The third-order valence-corrected chi connectivity index (χ3v) is 14.1. The number of aliphatic hydroxyl groups excluding tert-OH is 1. The summed E-state index contributed by atoms with van der Waals surface area (Å²) in [6, 6.07) is 2.63. The number of carboxylic acids is 1. The highest BCUT2D eigenvalue weighted by Crippen LogP contribution is 2.57. The number of carbonyl (C=O) groups excluding carboxylic acids is 8. The molecule has 26 nitrogen and oxygen atoms in total. The van der Waals surface area contributed by atoms with Gasteiger partial charge in [-0.05, 0) is 99.4 Å². The van der Waals surface area contributed by atoms with Crippen LogP contribution in [-0.4, -0.2) is 156 Å². The second-order valence-electron chi connectivity index (χ2n) is 18.9.